The van der Waals surface area contributed by atoms with Crippen molar-refractivity contribution < 1.29 is 0 Å². The van der Waals surface area contributed by atoms with Crippen molar-refractivity contribution in [2.45, 2.75) is 63.7 Å². The number of hydrogen-bond donors (Lipinski definition) is 1. The molecule has 0 radical (unpaired) electrons. The zero-order chi connectivity index (χ0) is 11.8. The topological polar surface area (TPSA) is 18.5 Å². The number of nitrogens with zero attached hydrogens (tertiary/aromatic N) is 2. The standard InChI is InChI=1S/C14H27N3/c1-11-9-17(10-12(2)15-11)14-5-7-16-6-3-4-13(16)8-14/h11-15H,3-10H2,1-2H3. The molecular formula is C14H27N3. The van der Waals surface area contributed by atoms with Crippen LogP contribution in [0.2, 0.25) is 0 Å². The normalized spacial score (nSPS) is 44.8. The van der Waals surface area contributed by atoms with Crippen molar-refractivity contribution >= 4 is 0 Å². The van der Waals surface area contributed by atoms with E-state index in [1.165, 1.54) is 51.9 Å². The zero-order valence-electron chi connectivity index (χ0n) is 11.4. The molecule has 3 aliphatic heterocycles. The van der Waals surface area contributed by atoms with E-state index in [0.29, 0.717) is 12.1 Å². The molecule has 0 aromatic heterocycles. The molecule has 3 aliphatic rings. The molecule has 4 unspecified atom stereocenters. The Morgan fingerprint density at radius 3 is 2.35 bits per heavy atom. The second-order valence-electron chi connectivity index (χ2n) is 6.43. The Balaban J connectivity index is 1.60. The van der Waals surface area contributed by atoms with Crippen molar-refractivity contribution in [1.82, 2.24) is 15.1 Å². The van der Waals surface area contributed by atoms with Crippen LogP contribution in [0.4, 0.5) is 0 Å². The van der Waals surface area contributed by atoms with Gasteiger partial charge in [-0.3, -0.25) is 4.90 Å². The highest BCUT2D eigenvalue weighted by Crippen LogP contribution is 2.30. The van der Waals surface area contributed by atoms with E-state index in [1.807, 2.05) is 0 Å². The average molecular weight is 237 g/mol. The van der Waals surface area contributed by atoms with Crippen LogP contribution in [0.1, 0.15) is 39.5 Å². The molecule has 3 heteroatoms. The molecular weight excluding hydrogens is 210 g/mol. The highest BCUT2D eigenvalue weighted by Gasteiger charge is 2.35. The molecule has 3 nitrogen and oxygen atoms in total. The number of rotatable bonds is 1. The van der Waals surface area contributed by atoms with Gasteiger partial charge in [-0.2, -0.15) is 0 Å². The van der Waals surface area contributed by atoms with E-state index in [2.05, 4.69) is 29.0 Å². The second kappa shape index (κ2) is 4.87. The molecule has 4 atom stereocenters. The summed E-state index contributed by atoms with van der Waals surface area (Å²) in [5.74, 6) is 0. The van der Waals surface area contributed by atoms with Crippen molar-refractivity contribution in [3.63, 3.8) is 0 Å². The van der Waals surface area contributed by atoms with Crippen molar-refractivity contribution in [2.24, 2.45) is 0 Å². The van der Waals surface area contributed by atoms with E-state index in [1.54, 1.807) is 0 Å². The van der Waals surface area contributed by atoms with Crippen LogP contribution in [0.25, 0.3) is 0 Å². The lowest BCUT2D eigenvalue weighted by atomic mass is 9.94. The Morgan fingerprint density at radius 2 is 1.59 bits per heavy atom. The van der Waals surface area contributed by atoms with Gasteiger partial charge in [0.05, 0.1) is 0 Å². The van der Waals surface area contributed by atoms with Crippen LogP contribution in [0.15, 0.2) is 0 Å². The van der Waals surface area contributed by atoms with Crippen LogP contribution in [0.3, 0.4) is 0 Å². The molecule has 0 aromatic rings. The number of nitrogens with one attached hydrogen (secondary N) is 1. The van der Waals surface area contributed by atoms with Crippen LogP contribution in [-0.2, 0) is 0 Å². The van der Waals surface area contributed by atoms with Gasteiger partial charge in [-0.05, 0) is 52.6 Å². The van der Waals surface area contributed by atoms with Crippen molar-refractivity contribution in [3.05, 3.63) is 0 Å². The van der Waals surface area contributed by atoms with Gasteiger partial charge in [-0.1, -0.05) is 0 Å². The Kier molecular flexibility index (Phi) is 3.42. The first kappa shape index (κ1) is 11.9. The van der Waals surface area contributed by atoms with E-state index in [-0.39, 0.29) is 0 Å². The van der Waals surface area contributed by atoms with E-state index in [4.69, 9.17) is 0 Å². The fourth-order valence-corrected chi connectivity index (χ4v) is 4.20. The summed E-state index contributed by atoms with van der Waals surface area (Å²) in [6, 6.07) is 3.11. The third kappa shape index (κ3) is 2.51. The molecule has 3 fully saturated rings. The van der Waals surface area contributed by atoms with Gasteiger partial charge in [0.1, 0.15) is 0 Å². The summed E-state index contributed by atoms with van der Waals surface area (Å²) in [4.78, 5) is 5.49. The molecule has 3 saturated heterocycles. The number of piperazine rings is 1. The predicted molar refractivity (Wildman–Crippen MR) is 71.2 cm³/mol. The first-order chi connectivity index (χ1) is 8.22. The third-order valence-corrected chi connectivity index (χ3v) is 4.89. The fraction of sp³-hybridized carbons (Fsp3) is 1.00. The quantitative estimate of drug-likeness (QED) is 0.741. The number of fused-ring (bicyclic) bond motifs is 1. The molecule has 3 rings (SSSR count). The van der Waals surface area contributed by atoms with Gasteiger partial charge in [0, 0.05) is 37.3 Å². The largest absolute Gasteiger partial charge is 0.309 e. The molecule has 98 valence electrons. The number of hydrogen-bond acceptors (Lipinski definition) is 3. The summed E-state index contributed by atoms with van der Waals surface area (Å²) in [5.41, 5.74) is 0. The summed E-state index contributed by atoms with van der Waals surface area (Å²) >= 11 is 0. The monoisotopic (exact) mass is 237 g/mol. The van der Waals surface area contributed by atoms with E-state index in [0.717, 1.165) is 12.1 Å². The minimum Gasteiger partial charge on any atom is -0.309 e. The van der Waals surface area contributed by atoms with E-state index in [9.17, 15) is 0 Å². The first-order valence-electron chi connectivity index (χ1n) is 7.46. The highest BCUT2D eigenvalue weighted by atomic mass is 15.3. The molecule has 0 amide bonds. The van der Waals surface area contributed by atoms with Gasteiger partial charge >= 0.3 is 0 Å². The van der Waals surface area contributed by atoms with Crippen molar-refractivity contribution in [3.8, 4) is 0 Å². The fourth-order valence-electron chi connectivity index (χ4n) is 4.20. The van der Waals surface area contributed by atoms with Gasteiger partial charge in [-0.15, -0.1) is 0 Å². The van der Waals surface area contributed by atoms with E-state index >= 15 is 0 Å². The van der Waals surface area contributed by atoms with Crippen LogP contribution < -0.4 is 5.32 Å². The average Bonchev–Trinajstić information content (AvgIpc) is 2.74. The summed E-state index contributed by atoms with van der Waals surface area (Å²) in [6.45, 7) is 9.87. The minimum absolute atomic E-state index is 0.667. The lowest BCUT2D eigenvalue weighted by Crippen LogP contribution is -2.59. The van der Waals surface area contributed by atoms with Gasteiger partial charge in [0.25, 0.3) is 0 Å². The number of piperidine rings is 1. The SMILES string of the molecule is CC1CN(C2CCN3CCCC3C2)CC(C)N1. The Hall–Kier alpha value is -0.120. The molecule has 1 N–H and O–H groups in total. The minimum atomic E-state index is 0.667. The lowest BCUT2D eigenvalue weighted by Gasteiger charge is -2.45. The summed E-state index contributed by atoms with van der Waals surface area (Å²) in [7, 11) is 0. The van der Waals surface area contributed by atoms with Crippen molar-refractivity contribution in [2.75, 3.05) is 26.2 Å². The molecule has 0 bridgehead atoms. The summed E-state index contributed by atoms with van der Waals surface area (Å²) in [6.07, 6.45) is 5.72. The maximum atomic E-state index is 3.64. The van der Waals surface area contributed by atoms with Crippen molar-refractivity contribution in [1.29, 1.82) is 0 Å². The predicted octanol–water partition coefficient (Wildman–Crippen LogP) is 1.30. The highest BCUT2D eigenvalue weighted by molar-refractivity contribution is 4.93. The maximum absolute atomic E-state index is 3.64. The van der Waals surface area contributed by atoms with E-state index < -0.39 is 0 Å². The molecule has 17 heavy (non-hydrogen) atoms. The maximum Gasteiger partial charge on any atom is 0.0169 e. The molecule has 0 spiro atoms. The second-order valence-corrected chi connectivity index (χ2v) is 6.43. The van der Waals surface area contributed by atoms with Crippen LogP contribution in [0, 0.1) is 0 Å². The van der Waals surface area contributed by atoms with Gasteiger partial charge < -0.3 is 10.2 Å². The van der Waals surface area contributed by atoms with Gasteiger partial charge in [0.2, 0.25) is 0 Å². The van der Waals surface area contributed by atoms with Crippen LogP contribution in [0.5, 0.6) is 0 Å². The van der Waals surface area contributed by atoms with Crippen LogP contribution in [-0.4, -0.2) is 60.1 Å². The smallest absolute Gasteiger partial charge is 0.0169 e. The third-order valence-electron chi connectivity index (χ3n) is 4.89. The molecule has 0 saturated carbocycles. The molecule has 0 aromatic carbocycles. The van der Waals surface area contributed by atoms with Gasteiger partial charge in [0.15, 0.2) is 0 Å². The van der Waals surface area contributed by atoms with Crippen LogP contribution >= 0.6 is 0 Å². The lowest BCUT2D eigenvalue weighted by molar-refractivity contribution is 0.0574. The Morgan fingerprint density at radius 1 is 0.882 bits per heavy atom. The Bertz CT molecular complexity index is 258. The molecule has 3 heterocycles. The summed E-state index contributed by atoms with van der Waals surface area (Å²) in [5, 5.41) is 3.64. The Labute approximate surface area is 106 Å². The summed E-state index contributed by atoms with van der Waals surface area (Å²) < 4.78 is 0. The molecule has 0 aliphatic carbocycles. The zero-order valence-corrected chi connectivity index (χ0v) is 11.4. The first-order valence-corrected chi connectivity index (χ1v) is 7.46. The van der Waals surface area contributed by atoms with Gasteiger partial charge in [-0.25, -0.2) is 0 Å².